The number of ether oxygens (including phenoxy) is 5. The summed E-state index contributed by atoms with van der Waals surface area (Å²) < 4.78 is 27.9. The van der Waals surface area contributed by atoms with E-state index in [2.05, 4.69) is 19.2 Å². The second-order valence-electron chi connectivity index (χ2n) is 13.9. The van der Waals surface area contributed by atoms with E-state index in [4.69, 9.17) is 23.7 Å². The quantitative estimate of drug-likeness (QED) is 0.0646. The van der Waals surface area contributed by atoms with Gasteiger partial charge in [0.05, 0.1) is 33.0 Å². The third-order valence-corrected chi connectivity index (χ3v) is 9.11. The smallest absolute Gasteiger partial charge is 0.407 e. The monoisotopic (exact) mass is 686 g/mol. The Hall–Kier alpha value is -0.890. The van der Waals surface area contributed by atoms with Gasteiger partial charge in [0.15, 0.2) is 6.10 Å². The largest absolute Gasteiger partial charge is 0.441 e. The second kappa shape index (κ2) is 42.3. The summed E-state index contributed by atoms with van der Waals surface area (Å²) in [6, 6.07) is 0. The Morgan fingerprint density at radius 3 is 1.15 bits per heavy atom. The summed E-state index contributed by atoms with van der Waals surface area (Å²) in [6.45, 7) is 8.58. The average molecular weight is 686 g/mol. The Morgan fingerprint density at radius 1 is 0.438 bits per heavy atom. The molecule has 0 rings (SSSR count). The van der Waals surface area contributed by atoms with Crippen LogP contribution < -0.4 is 5.32 Å². The van der Waals surface area contributed by atoms with Crippen molar-refractivity contribution in [1.29, 1.82) is 0 Å². The molecule has 7 nitrogen and oxygen atoms in total. The highest BCUT2D eigenvalue weighted by Crippen LogP contribution is 2.14. The van der Waals surface area contributed by atoms with Crippen LogP contribution in [0.4, 0.5) is 4.79 Å². The summed E-state index contributed by atoms with van der Waals surface area (Å²) in [4.78, 5) is 12.4. The van der Waals surface area contributed by atoms with Crippen molar-refractivity contribution in [3.05, 3.63) is 0 Å². The first kappa shape index (κ1) is 47.1. The van der Waals surface area contributed by atoms with Crippen molar-refractivity contribution < 1.29 is 28.5 Å². The van der Waals surface area contributed by atoms with Gasteiger partial charge >= 0.3 is 6.09 Å². The molecule has 0 fully saturated rings. The van der Waals surface area contributed by atoms with Crippen LogP contribution in [0.25, 0.3) is 0 Å². The molecule has 0 saturated carbocycles. The molecule has 288 valence electrons. The molecule has 0 spiro atoms. The molecule has 0 aliphatic rings. The molecule has 0 unspecified atom stereocenters. The van der Waals surface area contributed by atoms with Gasteiger partial charge in [0.1, 0.15) is 0 Å². The fourth-order valence-electron chi connectivity index (χ4n) is 6.01. The third kappa shape index (κ3) is 39.5. The number of alkyl carbamates (subject to hydrolysis) is 1. The molecule has 0 aliphatic carbocycles. The maximum atomic E-state index is 12.4. The van der Waals surface area contributed by atoms with E-state index in [1.54, 1.807) is 7.11 Å². The summed E-state index contributed by atoms with van der Waals surface area (Å²) in [6.07, 6.45) is 36.8. The normalized spacial score (nSPS) is 11.5. The van der Waals surface area contributed by atoms with Gasteiger partial charge < -0.3 is 29.0 Å². The van der Waals surface area contributed by atoms with Gasteiger partial charge in [0, 0.05) is 26.9 Å². The summed E-state index contributed by atoms with van der Waals surface area (Å²) in [5.74, 6) is 0. The first-order chi connectivity index (χ1) is 23.7. The first-order valence-corrected chi connectivity index (χ1v) is 20.9. The zero-order valence-electron chi connectivity index (χ0n) is 32.5. The number of hydrogen-bond donors (Lipinski definition) is 1. The fraction of sp³-hybridized carbons (Fsp3) is 0.976. The van der Waals surface area contributed by atoms with Gasteiger partial charge in [-0.25, -0.2) is 4.79 Å². The number of unbranched alkanes of at least 4 members (excludes halogenated alkanes) is 26. The van der Waals surface area contributed by atoms with Gasteiger partial charge in [-0.1, -0.05) is 181 Å². The van der Waals surface area contributed by atoms with E-state index in [1.807, 2.05) is 0 Å². The van der Waals surface area contributed by atoms with E-state index in [-0.39, 0.29) is 0 Å². The zero-order valence-corrected chi connectivity index (χ0v) is 32.5. The molecule has 7 heteroatoms. The Kier molecular flexibility index (Phi) is 41.5. The van der Waals surface area contributed by atoms with Gasteiger partial charge in [0.2, 0.25) is 0 Å². The Balaban J connectivity index is 3.93. The van der Waals surface area contributed by atoms with Gasteiger partial charge in [-0.3, -0.25) is 0 Å². The van der Waals surface area contributed by atoms with E-state index >= 15 is 0 Å². The Morgan fingerprint density at radius 2 is 0.792 bits per heavy atom. The molecule has 0 radical (unpaired) electrons. The Labute approximate surface area is 299 Å². The summed E-state index contributed by atoms with van der Waals surface area (Å²) >= 11 is 0. The van der Waals surface area contributed by atoms with E-state index in [0.717, 1.165) is 12.8 Å². The van der Waals surface area contributed by atoms with Crippen molar-refractivity contribution in [2.45, 2.75) is 200 Å². The lowest BCUT2D eigenvalue weighted by atomic mass is 10.0. The minimum atomic E-state index is -0.449. The van der Waals surface area contributed by atoms with Crippen molar-refractivity contribution in [2.24, 2.45) is 0 Å². The second-order valence-corrected chi connectivity index (χ2v) is 13.9. The zero-order chi connectivity index (χ0) is 34.9. The van der Waals surface area contributed by atoms with Gasteiger partial charge in [-0.15, -0.1) is 0 Å². The van der Waals surface area contributed by atoms with Crippen LogP contribution >= 0.6 is 0 Å². The highest BCUT2D eigenvalue weighted by Gasteiger charge is 2.15. The molecule has 0 aromatic rings. The molecule has 48 heavy (non-hydrogen) atoms. The number of nitrogens with one attached hydrogen (secondary N) is 1. The van der Waals surface area contributed by atoms with Crippen LogP contribution in [0, 0.1) is 0 Å². The molecular weight excluding hydrogens is 602 g/mol. The third-order valence-electron chi connectivity index (χ3n) is 9.11. The first-order valence-electron chi connectivity index (χ1n) is 20.9. The van der Waals surface area contributed by atoms with E-state index in [9.17, 15) is 4.79 Å². The molecule has 0 atom stereocenters. The summed E-state index contributed by atoms with van der Waals surface area (Å²) in [5.41, 5.74) is 0. The highest BCUT2D eigenvalue weighted by atomic mass is 16.6. The number of carbonyl (C=O) groups excluding carboxylic acids is 1. The number of amides is 1. The molecule has 0 aromatic carbocycles. The summed E-state index contributed by atoms with van der Waals surface area (Å²) in [5, 5.41) is 2.76. The SMILES string of the molecule is CCCCCCCCCCCCCCCCOCC(COCCCCCCCCCCCCCCCC)OC(=O)NCCOCCOC. The van der Waals surface area contributed by atoms with Crippen LogP contribution in [0.1, 0.15) is 194 Å². The van der Waals surface area contributed by atoms with Gasteiger partial charge in [-0.05, 0) is 12.8 Å². The van der Waals surface area contributed by atoms with Crippen molar-refractivity contribution in [3.63, 3.8) is 0 Å². The van der Waals surface area contributed by atoms with Crippen LogP contribution in [0.15, 0.2) is 0 Å². The molecule has 0 aromatic heterocycles. The number of rotatable bonds is 41. The molecule has 0 bridgehead atoms. The predicted octanol–water partition coefficient (Wildman–Crippen LogP) is 11.7. The number of hydrogen-bond acceptors (Lipinski definition) is 6. The van der Waals surface area contributed by atoms with E-state index in [1.165, 1.54) is 167 Å². The van der Waals surface area contributed by atoms with Crippen LogP contribution in [-0.2, 0) is 23.7 Å². The van der Waals surface area contributed by atoms with Crippen molar-refractivity contribution in [2.75, 3.05) is 59.9 Å². The minimum absolute atomic E-state index is 0.370. The van der Waals surface area contributed by atoms with E-state index < -0.39 is 12.2 Å². The van der Waals surface area contributed by atoms with E-state index in [0.29, 0.717) is 52.8 Å². The topological polar surface area (TPSA) is 75.3 Å². The molecular formula is C41H83NO6. The van der Waals surface area contributed by atoms with Crippen molar-refractivity contribution in [1.82, 2.24) is 5.32 Å². The van der Waals surface area contributed by atoms with Gasteiger partial charge in [-0.2, -0.15) is 0 Å². The Bertz CT molecular complexity index is 571. The molecule has 1 N–H and O–H groups in total. The standard InChI is InChI=1S/C41H83NO6/c1-4-6-8-10-12-14-16-18-20-22-24-26-28-30-33-46-38-40(48-41(43)42-32-35-45-37-36-44-3)39-47-34-31-29-27-25-23-21-19-17-15-13-11-9-7-5-2/h40H,4-39H2,1-3H3,(H,42,43). The maximum Gasteiger partial charge on any atom is 0.407 e. The van der Waals surface area contributed by atoms with Gasteiger partial charge in [0.25, 0.3) is 0 Å². The van der Waals surface area contributed by atoms with Crippen LogP contribution in [0.5, 0.6) is 0 Å². The summed E-state index contributed by atoms with van der Waals surface area (Å²) in [7, 11) is 1.64. The minimum Gasteiger partial charge on any atom is -0.441 e. The molecule has 0 heterocycles. The van der Waals surface area contributed by atoms with Crippen molar-refractivity contribution >= 4 is 6.09 Å². The molecule has 1 amide bonds. The van der Waals surface area contributed by atoms with Crippen LogP contribution in [0.2, 0.25) is 0 Å². The lowest BCUT2D eigenvalue weighted by Crippen LogP contribution is -2.35. The number of carbonyl (C=O) groups is 1. The maximum absolute atomic E-state index is 12.4. The fourth-order valence-corrected chi connectivity index (χ4v) is 6.01. The molecule has 0 saturated heterocycles. The van der Waals surface area contributed by atoms with Crippen molar-refractivity contribution in [3.8, 4) is 0 Å². The van der Waals surface area contributed by atoms with Crippen LogP contribution in [0.3, 0.4) is 0 Å². The predicted molar refractivity (Wildman–Crippen MR) is 203 cm³/mol. The van der Waals surface area contributed by atoms with Crippen LogP contribution in [-0.4, -0.2) is 72.1 Å². The lowest BCUT2D eigenvalue weighted by Gasteiger charge is -2.19. The lowest BCUT2D eigenvalue weighted by molar-refractivity contribution is -0.0296. The highest BCUT2D eigenvalue weighted by molar-refractivity contribution is 5.67. The molecule has 0 aliphatic heterocycles. The number of methoxy groups -OCH3 is 1. The average Bonchev–Trinajstić information content (AvgIpc) is 3.09.